The van der Waals surface area contributed by atoms with Crippen LogP contribution in [0, 0.1) is 0 Å². The quantitative estimate of drug-likeness (QED) is 0.783. The maximum absolute atomic E-state index is 11.3. The molecule has 2 heterocycles. The molecule has 18 heavy (non-hydrogen) atoms. The zero-order chi connectivity index (χ0) is 13.0. The molecule has 5 heteroatoms. The lowest BCUT2D eigenvalue weighted by atomic mass is 10.1. The highest BCUT2D eigenvalue weighted by Crippen LogP contribution is 2.13. The van der Waals surface area contributed by atoms with Crippen molar-refractivity contribution in [3.8, 4) is 0 Å². The van der Waals surface area contributed by atoms with Crippen molar-refractivity contribution in [1.29, 1.82) is 0 Å². The Balaban J connectivity index is 1.92. The molecule has 5 nitrogen and oxygen atoms in total. The third kappa shape index (κ3) is 3.11. The molecule has 0 radical (unpaired) electrons. The van der Waals surface area contributed by atoms with E-state index in [1.165, 1.54) is 20.0 Å². The number of hydrogen-bond donors (Lipinski definition) is 2. The van der Waals surface area contributed by atoms with Crippen LogP contribution < -0.4 is 5.32 Å². The molecule has 2 rings (SSSR count). The van der Waals surface area contributed by atoms with Crippen molar-refractivity contribution in [3.63, 3.8) is 0 Å². The van der Waals surface area contributed by atoms with Gasteiger partial charge >= 0.3 is 5.97 Å². The number of likely N-dealkylation sites (N-methyl/N-ethyl adjacent to an activating group) is 1. The SMILES string of the molecule is CNC1CCCN(Cc2ccc(C(=O)OC)[nH]2)C1. The lowest BCUT2D eigenvalue weighted by Gasteiger charge is -2.32. The molecule has 100 valence electrons. The Morgan fingerprint density at radius 3 is 3.17 bits per heavy atom. The maximum Gasteiger partial charge on any atom is 0.354 e. The summed E-state index contributed by atoms with van der Waals surface area (Å²) in [6, 6.07) is 4.31. The normalized spacial score (nSPS) is 20.9. The van der Waals surface area contributed by atoms with E-state index in [1.807, 2.05) is 13.1 Å². The van der Waals surface area contributed by atoms with Gasteiger partial charge in [-0.2, -0.15) is 0 Å². The van der Waals surface area contributed by atoms with Crippen LogP contribution in [0.2, 0.25) is 0 Å². The van der Waals surface area contributed by atoms with Crippen LogP contribution in [-0.4, -0.2) is 49.1 Å². The molecule has 1 aliphatic rings. The van der Waals surface area contributed by atoms with Gasteiger partial charge in [-0.15, -0.1) is 0 Å². The Labute approximate surface area is 108 Å². The van der Waals surface area contributed by atoms with Gasteiger partial charge in [0.1, 0.15) is 5.69 Å². The van der Waals surface area contributed by atoms with E-state index in [0.717, 1.165) is 25.3 Å². The maximum atomic E-state index is 11.3. The summed E-state index contributed by atoms with van der Waals surface area (Å²) in [7, 11) is 3.41. The standard InChI is InChI=1S/C13H21N3O2/c1-14-10-4-3-7-16(8-10)9-11-5-6-12(15-11)13(17)18-2/h5-6,10,14-15H,3-4,7-9H2,1-2H3. The number of H-pyrrole nitrogens is 1. The van der Waals surface area contributed by atoms with E-state index in [0.29, 0.717) is 11.7 Å². The summed E-state index contributed by atoms with van der Waals surface area (Å²) in [6.07, 6.45) is 2.46. The average Bonchev–Trinajstić information content (AvgIpc) is 2.86. The summed E-state index contributed by atoms with van der Waals surface area (Å²) in [5, 5.41) is 3.33. The van der Waals surface area contributed by atoms with E-state index in [2.05, 4.69) is 19.9 Å². The van der Waals surface area contributed by atoms with Gasteiger partial charge in [0, 0.05) is 24.8 Å². The van der Waals surface area contributed by atoms with Crippen LogP contribution in [0.15, 0.2) is 12.1 Å². The minimum atomic E-state index is -0.312. The second-order valence-corrected chi connectivity index (χ2v) is 4.75. The zero-order valence-corrected chi connectivity index (χ0v) is 11.0. The van der Waals surface area contributed by atoms with Crippen LogP contribution in [0.4, 0.5) is 0 Å². The molecule has 1 aromatic heterocycles. The fraction of sp³-hybridized carbons (Fsp3) is 0.615. The topological polar surface area (TPSA) is 57.4 Å². The smallest absolute Gasteiger partial charge is 0.354 e. The van der Waals surface area contributed by atoms with Gasteiger partial charge in [0.15, 0.2) is 0 Å². The number of carbonyl (C=O) groups is 1. The predicted molar refractivity (Wildman–Crippen MR) is 69.5 cm³/mol. The van der Waals surface area contributed by atoms with Crippen molar-refractivity contribution in [3.05, 3.63) is 23.5 Å². The molecule has 1 saturated heterocycles. The summed E-state index contributed by atoms with van der Waals surface area (Å²) in [5.41, 5.74) is 1.59. The van der Waals surface area contributed by atoms with E-state index in [4.69, 9.17) is 0 Å². The zero-order valence-electron chi connectivity index (χ0n) is 11.0. The number of nitrogens with one attached hydrogen (secondary N) is 2. The van der Waals surface area contributed by atoms with Gasteiger partial charge in [0.25, 0.3) is 0 Å². The van der Waals surface area contributed by atoms with Crippen molar-refractivity contribution in [2.75, 3.05) is 27.2 Å². The predicted octanol–water partition coefficient (Wildman–Crippen LogP) is 0.985. The van der Waals surface area contributed by atoms with Crippen LogP contribution in [-0.2, 0) is 11.3 Å². The van der Waals surface area contributed by atoms with Crippen molar-refractivity contribution in [1.82, 2.24) is 15.2 Å². The van der Waals surface area contributed by atoms with Crippen LogP contribution in [0.3, 0.4) is 0 Å². The van der Waals surface area contributed by atoms with Gasteiger partial charge in [-0.25, -0.2) is 4.79 Å². The number of methoxy groups -OCH3 is 1. The van der Waals surface area contributed by atoms with Crippen molar-refractivity contribution in [2.24, 2.45) is 0 Å². The van der Waals surface area contributed by atoms with Gasteiger partial charge in [0.05, 0.1) is 7.11 Å². The Morgan fingerprint density at radius 2 is 2.44 bits per heavy atom. The fourth-order valence-electron chi connectivity index (χ4n) is 2.44. The first-order chi connectivity index (χ1) is 8.72. The monoisotopic (exact) mass is 251 g/mol. The molecule has 0 aromatic carbocycles. The second-order valence-electron chi connectivity index (χ2n) is 4.75. The van der Waals surface area contributed by atoms with Gasteiger partial charge < -0.3 is 15.0 Å². The average molecular weight is 251 g/mol. The van der Waals surface area contributed by atoms with Gasteiger partial charge in [-0.05, 0) is 38.6 Å². The Morgan fingerprint density at radius 1 is 1.61 bits per heavy atom. The van der Waals surface area contributed by atoms with E-state index in [1.54, 1.807) is 6.07 Å². The number of nitrogens with zero attached hydrogens (tertiary/aromatic N) is 1. The molecule has 1 unspecified atom stereocenters. The second kappa shape index (κ2) is 6.02. The number of ether oxygens (including phenoxy) is 1. The molecule has 0 aliphatic carbocycles. The van der Waals surface area contributed by atoms with Gasteiger partial charge in [-0.3, -0.25) is 4.90 Å². The number of hydrogen-bond acceptors (Lipinski definition) is 4. The molecule has 0 saturated carbocycles. The van der Waals surface area contributed by atoms with Crippen LogP contribution in [0.1, 0.15) is 29.0 Å². The number of piperidine rings is 1. The first-order valence-electron chi connectivity index (χ1n) is 6.38. The summed E-state index contributed by atoms with van der Waals surface area (Å²) >= 11 is 0. The summed E-state index contributed by atoms with van der Waals surface area (Å²) in [4.78, 5) is 16.8. The largest absolute Gasteiger partial charge is 0.464 e. The molecular weight excluding hydrogens is 230 g/mol. The molecule has 1 atom stereocenters. The third-order valence-electron chi connectivity index (χ3n) is 3.46. The summed E-state index contributed by atoms with van der Waals surface area (Å²) in [5.74, 6) is -0.312. The number of esters is 1. The fourth-order valence-corrected chi connectivity index (χ4v) is 2.44. The van der Waals surface area contributed by atoms with Crippen LogP contribution in [0.25, 0.3) is 0 Å². The van der Waals surface area contributed by atoms with E-state index in [-0.39, 0.29) is 5.97 Å². The molecule has 0 bridgehead atoms. The molecule has 0 amide bonds. The highest BCUT2D eigenvalue weighted by molar-refractivity contribution is 5.87. The lowest BCUT2D eigenvalue weighted by molar-refractivity contribution is 0.0594. The Bertz CT molecular complexity index is 403. The number of rotatable bonds is 4. The van der Waals surface area contributed by atoms with Gasteiger partial charge in [-0.1, -0.05) is 0 Å². The van der Waals surface area contributed by atoms with E-state index >= 15 is 0 Å². The minimum absolute atomic E-state index is 0.312. The first kappa shape index (κ1) is 13.1. The first-order valence-corrected chi connectivity index (χ1v) is 6.38. The molecule has 1 aliphatic heterocycles. The number of aromatic nitrogens is 1. The van der Waals surface area contributed by atoms with E-state index in [9.17, 15) is 4.79 Å². The number of aromatic amines is 1. The third-order valence-corrected chi connectivity index (χ3v) is 3.46. The Kier molecular flexibility index (Phi) is 4.38. The number of likely N-dealkylation sites (tertiary alicyclic amines) is 1. The lowest BCUT2D eigenvalue weighted by Crippen LogP contribution is -2.43. The highest BCUT2D eigenvalue weighted by Gasteiger charge is 2.19. The number of carbonyl (C=O) groups excluding carboxylic acids is 1. The summed E-state index contributed by atoms with van der Waals surface area (Å²) < 4.78 is 4.68. The highest BCUT2D eigenvalue weighted by atomic mass is 16.5. The van der Waals surface area contributed by atoms with E-state index < -0.39 is 0 Å². The van der Waals surface area contributed by atoms with Gasteiger partial charge in [0.2, 0.25) is 0 Å². The van der Waals surface area contributed by atoms with Crippen molar-refractivity contribution >= 4 is 5.97 Å². The molecule has 0 spiro atoms. The molecule has 1 aromatic rings. The molecular formula is C13H21N3O2. The summed E-state index contributed by atoms with van der Waals surface area (Å²) in [6.45, 7) is 3.03. The van der Waals surface area contributed by atoms with Crippen LogP contribution in [0.5, 0.6) is 0 Å². The minimum Gasteiger partial charge on any atom is -0.464 e. The van der Waals surface area contributed by atoms with Crippen LogP contribution >= 0.6 is 0 Å². The Hall–Kier alpha value is -1.33. The van der Waals surface area contributed by atoms with Crippen molar-refractivity contribution in [2.45, 2.75) is 25.4 Å². The van der Waals surface area contributed by atoms with Crippen molar-refractivity contribution < 1.29 is 9.53 Å². The molecule has 1 fully saturated rings. The molecule has 2 N–H and O–H groups in total.